The van der Waals surface area contributed by atoms with Crippen LogP contribution in [0.5, 0.6) is 0 Å². The van der Waals surface area contributed by atoms with Crippen molar-refractivity contribution in [2.75, 3.05) is 23.7 Å². The molecule has 104 valence electrons. The minimum atomic E-state index is -0.418. The molecule has 0 unspecified atom stereocenters. The molecule has 20 heavy (non-hydrogen) atoms. The molecule has 0 atom stereocenters. The Kier molecular flexibility index (Phi) is 4.73. The number of pyridine rings is 1. The van der Waals surface area contributed by atoms with Gasteiger partial charge in [0, 0.05) is 42.8 Å². The van der Waals surface area contributed by atoms with E-state index in [9.17, 15) is 10.1 Å². The molecule has 1 aromatic carbocycles. The van der Waals surface area contributed by atoms with Gasteiger partial charge in [-0.25, -0.2) is 4.98 Å². The highest BCUT2D eigenvalue weighted by Gasteiger charge is 2.03. The van der Waals surface area contributed by atoms with Crippen LogP contribution in [0.15, 0.2) is 42.6 Å². The third kappa shape index (κ3) is 4.10. The van der Waals surface area contributed by atoms with Crippen LogP contribution in [0, 0.1) is 10.1 Å². The number of nitrogens with one attached hydrogen (secondary N) is 2. The summed E-state index contributed by atoms with van der Waals surface area (Å²) in [7, 11) is 0. The number of hydrogen-bond donors (Lipinski definition) is 2. The SMILES string of the molecule is O=[N+]([O-])c1ccc(NCCNc2ccnc(Cl)c2)cc1. The van der Waals surface area contributed by atoms with Gasteiger partial charge in [0.1, 0.15) is 5.15 Å². The fourth-order valence-electron chi connectivity index (χ4n) is 1.63. The molecule has 1 aromatic heterocycles. The molecule has 2 rings (SSSR count). The summed E-state index contributed by atoms with van der Waals surface area (Å²) in [6.07, 6.45) is 1.63. The van der Waals surface area contributed by atoms with Crippen molar-refractivity contribution in [1.82, 2.24) is 4.98 Å². The summed E-state index contributed by atoms with van der Waals surface area (Å²) in [5.74, 6) is 0. The zero-order valence-corrected chi connectivity index (χ0v) is 11.3. The molecule has 2 N–H and O–H groups in total. The molecule has 0 radical (unpaired) electrons. The number of non-ortho nitro benzene ring substituents is 1. The number of nitro groups is 1. The third-order valence-electron chi connectivity index (χ3n) is 2.59. The van der Waals surface area contributed by atoms with Crippen molar-refractivity contribution in [2.24, 2.45) is 0 Å². The number of nitro benzene ring substituents is 1. The summed E-state index contributed by atoms with van der Waals surface area (Å²) in [5.41, 5.74) is 1.82. The maximum atomic E-state index is 10.5. The van der Waals surface area contributed by atoms with Crippen LogP contribution < -0.4 is 10.6 Å². The molecule has 1 heterocycles. The minimum absolute atomic E-state index is 0.0834. The Hall–Kier alpha value is -2.34. The van der Waals surface area contributed by atoms with Crippen LogP contribution in [0.2, 0.25) is 5.15 Å². The predicted octanol–water partition coefficient (Wildman–Crippen LogP) is 3.17. The van der Waals surface area contributed by atoms with E-state index in [0.29, 0.717) is 18.2 Å². The van der Waals surface area contributed by atoms with Gasteiger partial charge >= 0.3 is 0 Å². The number of anilines is 2. The van der Waals surface area contributed by atoms with Crippen molar-refractivity contribution in [3.8, 4) is 0 Å². The van der Waals surface area contributed by atoms with Gasteiger partial charge in [-0.1, -0.05) is 11.6 Å². The number of benzene rings is 1. The standard InChI is InChI=1S/C13H13ClN4O2/c14-13-9-11(5-6-17-13)16-8-7-15-10-1-3-12(4-2-10)18(19)20/h1-6,9,15H,7-8H2,(H,16,17). The topological polar surface area (TPSA) is 80.1 Å². The summed E-state index contributed by atoms with van der Waals surface area (Å²) in [6, 6.07) is 9.88. The van der Waals surface area contributed by atoms with Crippen molar-refractivity contribution in [3.05, 3.63) is 57.9 Å². The Morgan fingerprint density at radius 2 is 1.75 bits per heavy atom. The van der Waals surface area contributed by atoms with Gasteiger partial charge in [-0.15, -0.1) is 0 Å². The molecule has 0 aliphatic carbocycles. The van der Waals surface area contributed by atoms with Crippen LogP contribution in [0.1, 0.15) is 0 Å². The van der Waals surface area contributed by atoms with Crippen molar-refractivity contribution in [1.29, 1.82) is 0 Å². The number of nitrogens with zero attached hydrogens (tertiary/aromatic N) is 2. The fourth-order valence-corrected chi connectivity index (χ4v) is 1.80. The summed E-state index contributed by atoms with van der Waals surface area (Å²) < 4.78 is 0. The van der Waals surface area contributed by atoms with Crippen LogP contribution in [0.3, 0.4) is 0 Å². The highest BCUT2D eigenvalue weighted by Crippen LogP contribution is 2.15. The first kappa shape index (κ1) is 14.1. The van der Waals surface area contributed by atoms with Gasteiger partial charge in [-0.3, -0.25) is 10.1 Å². The van der Waals surface area contributed by atoms with E-state index >= 15 is 0 Å². The lowest BCUT2D eigenvalue weighted by atomic mass is 10.3. The van der Waals surface area contributed by atoms with Crippen LogP contribution in [-0.4, -0.2) is 23.0 Å². The Balaban J connectivity index is 1.77. The van der Waals surface area contributed by atoms with Crippen LogP contribution >= 0.6 is 11.6 Å². The van der Waals surface area contributed by atoms with Gasteiger partial charge in [0.2, 0.25) is 0 Å². The van der Waals surface area contributed by atoms with E-state index in [1.165, 1.54) is 12.1 Å². The Morgan fingerprint density at radius 1 is 1.10 bits per heavy atom. The predicted molar refractivity (Wildman–Crippen MR) is 79.3 cm³/mol. The number of rotatable bonds is 6. The summed E-state index contributed by atoms with van der Waals surface area (Å²) in [4.78, 5) is 14.0. The van der Waals surface area contributed by atoms with Crippen molar-refractivity contribution in [3.63, 3.8) is 0 Å². The molecule has 0 amide bonds. The summed E-state index contributed by atoms with van der Waals surface area (Å²) >= 11 is 5.77. The molecular formula is C13H13ClN4O2. The highest BCUT2D eigenvalue weighted by atomic mass is 35.5. The highest BCUT2D eigenvalue weighted by molar-refractivity contribution is 6.29. The van der Waals surface area contributed by atoms with E-state index in [1.807, 2.05) is 6.07 Å². The lowest BCUT2D eigenvalue weighted by molar-refractivity contribution is -0.384. The Morgan fingerprint density at radius 3 is 2.35 bits per heavy atom. The van der Waals surface area contributed by atoms with Gasteiger partial charge in [0.25, 0.3) is 5.69 Å². The van der Waals surface area contributed by atoms with E-state index in [-0.39, 0.29) is 5.69 Å². The number of hydrogen-bond acceptors (Lipinski definition) is 5. The third-order valence-corrected chi connectivity index (χ3v) is 2.79. The molecule has 0 aliphatic rings. The largest absolute Gasteiger partial charge is 0.383 e. The number of halogens is 1. The summed E-state index contributed by atoms with van der Waals surface area (Å²) in [6.45, 7) is 1.37. The maximum Gasteiger partial charge on any atom is 0.269 e. The minimum Gasteiger partial charge on any atom is -0.383 e. The smallest absolute Gasteiger partial charge is 0.269 e. The fraction of sp³-hybridized carbons (Fsp3) is 0.154. The zero-order chi connectivity index (χ0) is 14.4. The van der Waals surface area contributed by atoms with Gasteiger partial charge in [-0.2, -0.15) is 0 Å². The first-order valence-electron chi connectivity index (χ1n) is 5.99. The average molecular weight is 293 g/mol. The van der Waals surface area contributed by atoms with E-state index in [4.69, 9.17) is 11.6 Å². The van der Waals surface area contributed by atoms with Crippen LogP contribution in [-0.2, 0) is 0 Å². The molecule has 6 nitrogen and oxygen atoms in total. The first-order chi connectivity index (χ1) is 9.65. The lowest BCUT2D eigenvalue weighted by Crippen LogP contribution is -2.13. The van der Waals surface area contributed by atoms with Gasteiger partial charge in [0.15, 0.2) is 0 Å². The maximum absolute atomic E-state index is 10.5. The van der Waals surface area contributed by atoms with Crippen LogP contribution in [0.25, 0.3) is 0 Å². The lowest BCUT2D eigenvalue weighted by Gasteiger charge is -2.08. The molecule has 0 bridgehead atoms. The Labute approximate surface area is 120 Å². The molecule has 0 fully saturated rings. The molecule has 0 saturated heterocycles. The zero-order valence-electron chi connectivity index (χ0n) is 10.5. The molecule has 0 aliphatic heterocycles. The molecule has 0 saturated carbocycles. The second kappa shape index (κ2) is 6.72. The van der Waals surface area contributed by atoms with E-state index in [1.54, 1.807) is 24.4 Å². The second-order valence-corrected chi connectivity index (χ2v) is 4.41. The van der Waals surface area contributed by atoms with E-state index in [0.717, 1.165) is 11.4 Å². The van der Waals surface area contributed by atoms with Crippen molar-refractivity contribution >= 4 is 28.7 Å². The molecular weight excluding hydrogens is 280 g/mol. The number of aromatic nitrogens is 1. The monoisotopic (exact) mass is 292 g/mol. The van der Waals surface area contributed by atoms with Gasteiger partial charge < -0.3 is 10.6 Å². The van der Waals surface area contributed by atoms with E-state index in [2.05, 4.69) is 15.6 Å². The Bertz CT molecular complexity index is 589. The van der Waals surface area contributed by atoms with Gasteiger partial charge in [0.05, 0.1) is 4.92 Å². The second-order valence-electron chi connectivity index (χ2n) is 4.02. The first-order valence-corrected chi connectivity index (χ1v) is 6.37. The van der Waals surface area contributed by atoms with E-state index < -0.39 is 4.92 Å². The quantitative estimate of drug-likeness (QED) is 0.370. The molecule has 0 spiro atoms. The van der Waals surface area contributed by atoms with Crippen molar-refractivity contribution < 1.29 is 4.92 Å². The average Bonchev–Trinajstić information content (AvgIpc) is 2.44. The summed E-state index contributed by atoms with van der Waals surface area (Å²) in [5, 5.41) is 17.3. The van der Waals surface area contributed by atoms with Gasteiger partial charge in [-0.05, 0) is 24.3 Å². The van der Waals surface area contributed by atoms with Crippen molar-refractivity contribution in [2.45, 2.75) is 0 Å². The van der Waals surface area contributed by atoms with Crippen LogP contribution in [0.4, 0.5) is 17.1 Å². The molecule has 2 aromatic rings. The normalized spacial score (nSPS) is 10.1. The molecule has 7 heteroatoms.